The Morgan fingerprint density at radius 1 is 0.895 bits per heavy atom. The van der Waals surface area contributed by atoms with E-state index in [9.17, 15) is 9.59 Å². The molecule has 0 unspecified atom stereocenters. The number of aryl methyl sites for hydroxylation is 1. The third-order valence-corrected chi connectivity index (χ3v) is 7.28. The number of carbonyl (C=O) groups is 2. The summed E-state index contributed by atoms with van der Waals surface area (Å²) in [5.41, 5.74) is 4.51. The van der Waals surface area contributed by atoms with Crippen molar-refractivity contribution in [1.29, 1.82) is 0 Å². The highest BCUT2D eigenvalue weighted by Crippen LogP contribution is 2.23. The lowest BCUT2D eigenvalue weighted by Gasteiger charge is -2.32. The Hall–Kier alpha value is -2.92. The summed E-state index contributed by atoms with van der Waals surface area (Å²) in [6.07, 6.45) is 3.36. The van der Waals surface area contributed by atoms with Crippen molar-refractivity contribution < 1.29 is 9.59 Å². The average Bonchev–Trinajstić information content (AvgIpc) is 2.89. The zero-order valence-electron chi connectivity index (χ0n) is 23.2. The fourth-order valence-electron chi connectivity index (χ4n) is 4.46. The lowest BCUT2D eigenvalue weighted by molar-refractivity contribution is -0.141. The number of hydrogen-bond acceptors (Lipinski definition) is 2. The Kier molecular flexibility index (Phi) is 11.1. The first kappa shape index (κ1) is 29.6. The van der Waals surface area contributed by atoms with Crippen molar-refractivity contribution in [1.82, 2.24) is 10.2 Å². The Morgan fingerprint density at radius 3 is 2.21 bits per heavy atom. The van der Waals surface area contributed by atoms with Gasteiger partial charge in [-0.2, -0.15) is 0 Å². The van der Waals surface area contributed by atoms with E-state index in [-0.39, 0.29) is 17.2 Å². The van der Waals surface area contributed by atoms with Crippen molar-refractivity contribution in [3.05, 3.63) is 106 Å². The van der Waals surface area contributed by atoms with Crippen LogP contribution in [0, 0.1) is 0 Å². The molecule has 0 heterocycles. The summed E-state index contributed by atoms with van der Waals surface area (Å²) >= 11 is 3.55. The minimum atomic E-state index is -0.594. The van der Waals surface area contributed by atoms with Crippen LogP contribution in [-0.2, 0) is 34.4 Å². The van der Waals surface area contributed by atoms with Crippen molar-refractivity contribution >= 4 is 27.7 Å². The molecule has 0 aliphatic rings. The monoisotopic (exact) mass is 576 g/mol. The molecule has 0 bridgehead atoms. The number of nitrogens with zero attached hydrogens (tertiary/aromatic N) is 1. The maximum atomic E-state index is 13.8. The van der Waals surface area contributed by atoms with Crippen LogP contribution in [0.4, 0.5) is 0 Å². The van der Waals surface area contributed by atoms with E-state index in [2.05, 4.69) is 73.2 Å². The molecule has 0 aliphatic heterocycles. The smallest absolute Gasteiger partial charge is 0.243 e. The number of nitrogens with one attached hydrogen (secondary N) is 1. The molecule has 0 saturated heterocycles. The van der Waals surface area contributed by atoms with Crippen LogP contribution >= 0.6 is 15.9 Å². The van der Waals surface area contributed by atoms with Crippen molar-refractivity contribution in [2.24, 2.45) is 0 Å². The lowest BCUT2D eigenvalue weighted by atomic mass is 9.86. The fraction of sp³-hybridized carbons (Fsp3) is 0.394. The van der Waals surface area contributed by atoms with Gasteiger partial charge in [0.25, 0.3) is 0 Å². The molecule has 202 valence electrons. The van der Waals surface area contributed by atoms with Crippen molar-refractivity contribution in [3.8, 4) is 0 Å². The second-order valence-corrected chi connectivity index (χ2v) is 11.9. The normalized spacial score (nSPS) is 12.1. The molecule has 0 fully saturated rings. The van der Waals surface area contributed by atoms with Gasteiger partial charge in [-0.1, -0.05) is 117 Å². The summed E-state index contributed by atoms with van der Waals surface area (Å²) in [6, 6.07) is 25.8. The molecule has 2 amide bonds. The predicted molar refractivity (Wildman–Crippen MR) is 160 cm³/mol. The van der Waals surface area contributed by atoms with Gasteiger partial charge in [-0.25, -0.2) is 0 Å². The topological polar surface area (TPSA) is 49.4 Å². The number of rotatable bonds is 12. The first-order chi connectivity index (χ1) is 18.2. The van der Waals surface area contributed by atoms with Crippen molar-refractivity contribution in [2.75, 3.05) is 6.54 Å². The molecule has 0 aliphatic carbocycles. The van der Waals surface area contributed by atoms with Gasteiger partial charge in [0.15, 0.2) is 0 Å². The van der Waals surface area contributed by atoms with E-state index >= 15 is 0 Å². The molecule has 3 aromatic carbocycles. The largest absolute Gasteiger partial charge is 0.354 e. The Labute approximate surface area is 237 Å². The zero-order chi connectivity index (χ0) is 27.5. The molecule has 1 N–H and O–H groups in total. The van der Waals surface area contributed by atoms with Crippen LogP contribution in [-0.4, -0.2) is 29.3 Å². The minimum absolute atomic E-state index is 0.0172. The fourth-order valence-corrected chi connectivity index (χ4v) is 4.91. The maximum Gasteiger partial charge on any atom is 0.243 e. The van der Waals surface area contributed by atoms with Gasteiger partial charge in [0.05, 0.1) is 0 Å². The van der Waals surface area contributed by atoms with E-state index in [0.717, 1.165) is 34.0 Å². The Bertz CT molecular complexity index is 1170. The molecule has 0 radical (unpaired) electrons. The van der Waals surface area contributed by atoms with Gasteiger partial charge in [-0.15, -0.1) is 0 Å². The van der Waals surface area contributed by atoms with Crippen LogP contribution in [0.5, 0.6) is 0 Å². The summed E-state index contributed by atoms with van der Waals surface area (Å²) in [5.74, 6) is -0.114. The van der Waals surface area contributed by atoms with Crippen molar-refractivity contribution in [3.63, 3.8) is 0 Å². The number of carbonyl (C=O) groups excluding carboxylic acids is 2. The van der Waals surface area contributed by atoms with Crippen LogP contribution < -0.4 is 5.32 Å². The summed E-state index contributed by atoms with van der Waals surface area (Å²) < 4.78 is 0.952. The summed E-state index contributed by atoms with van der Waals surface area (Å²) in [5, 5.41) is 3.09. The highest BCUT2D eigenvalue weighted by Gasteiger charge is 2.30. The van der Waals surface area contributed by atoms with E-state index in [1.165, 1.54) is 5.56 Å². The molecule has 5 heteroatoms. The summed E-state index contributed by atoms with van der Waals surface area (Å²) in [7, 11) is 0. The molecule has 3 aromatic rings. The molecule has 0 aromatic heterocycles. The highest BCUT2D eigenvalue weighted by atomic mass is 79.9. The number of benzene rings is 3. The predicted octanol–water partition coefficient (Wildman–Crippen LogP) is 7.24. The van der Waals surface area contributed by atoms with E-state index in [1.807, 2.05) is 54.6 Å². The third-order valence-electron chi connectivity index (χ3n) is 6.79. The van der Waals surface area contributed by atoms with Gasteiger partial charge in [0.2, 0.25) is 11.8 Å². The second-order valence-electron chi connectivity index (χ2n) is 10.9. The van der Waals surface area contributed by atoms with E-state index in [1.54, 1.807) is 4.90 Å². The van der Waals surface area contributed by atoms with Crippen LogP contribution in [0.1, 0.15) is 69.2 Å². The molecular formula is C33H41BrN2O2. The number of hydrogen-bond donors (Lipinski definition) is 1. The summed E-state index contributed by atoms with van der Waals surface area (Å²) in [4.78, 5) is 29.1. The molecule has 3 rings (SSSR count). The Morgan fingerprint density at radius 2 is 1.58 bits per heavy atom. The zero-order valence-corrected chi connectivity index (χ0v) is 24.8. The lowest BCUT2D eigenvalue weighted by Crippen LogP contribution is -2.50. The molecule has 0 spiro atoms. The molecule has 38 heavy (non-hydrogen) atoms. The van der Waals surface area contributed by atoms with Gasteiger partial charge in [0, 0.05) is 30.4 Å². The van der Waals surface area contributed by atoms with Crippen LogP contribution in [0.3, 0.4) is 0 Å². The summed E-state index contributed by atoms with van der Waals surface area (Å²) in [6.45, 7) is 9.68. The van der Waals surface area contributed by atoms with Gasteiger partial charge in [-0.05, 0) is 52.6 Å². The third kappa shape index (κ3) is 9.13. The first-order valence-corrected chi connectivity index (χ1v) is 14.4. The molecule has 0 saturated carbocycles. The van der Waals surface area contributed by atoms with E-state index in [0.29, 0.717) is 32.4 Å². The second kappa shape index (κ2) is 14.3. The first-order valence-electron chi connectivity index (χ1n) is 13.6. The highest BCUT2D eigenvalue weighted by molar-refractivity contribution is 9.10. The van der Waals surface area contributed by atoms with Gasteiger partial charge in [-0.3, -0.25) is 9.59 Å². The van der Waals surface area contributed by atoms with Crippen LogP contribution in [0.25, 0.3) is 0 Å². The maximum absolute atomic E-state index is 13.8. The minimum Gasteiger partial charge on any atom is -0.354 e. The Balaban J connectivity index is 1.86. The standard InChI is InChI=1S/C33H41BrN2O2/c1-5-6-21-35-32(38)30(23-26-11-8-7-9-12-26)36(24-27-13-10-14-29(34)22-27)31(37)20-17-25-15-18-28(19-16-25)33(2,3)4/h7-16,18-19,22,30H,5-6,17,20-21,23-24H2,1-4H3,(H,35,38)/t30-/m0/s1. The quantitative estimate of drug-likeness (QED) is 0.231. The van der Waals surface area contributed by atoms with Crippen molar-refractivity contribution in [2.45, 2.75) is 77.8 Å². The van der Waals surface area contributed by atoms with Crippen LogP contribution in [0.2, 0.25) is 0 Å². The number of unbranched alkanes of at least 4 members (excludes halogenated alkanes) is 1. The molecule has 1 atom stereocenters. The number of amides is 2. The molecular weight excluding hydrogens is 536 g/mol. The van der Waals surface area contributed by atoms with E-state index < -0.39 is 6.04 Å². The SMILES string of the molecule is CCCCNC(=O)[C@H](Cc1ccccc1)N(Cc1cccc(Br)c1)C(=O)CCc1ccc(C(C)(C)C)cc1. The average molecular weight is 578 g/mol. The van der Waals surface area contributed by atoms with Gasteiger partial charge in [0.1, 0.15) is 6.04 Å². The molecule has 4 nitrogen and oxygen atoms in total. The van der Waals surface area contributed by atoms with E-state index in [4.69, 9.17) is 0 Å². The number of halogens is 1. The van der Waals surface area contributed by atoms with Gasteiger partial charge >= 0.3 is 0 Å². The van der Waals surface area contributed by atoms with Gasteiger partial charge < -0.3 is 10.2 Å². The van der Waals surface area contributed by atoms with Crippen LogP contribution in [0.15, 0.2) is 83.3 Å².